The molecule has 0 aliphatic carbocycles. The quantitative estimate of drug-likeness (QED) is 0.881. The number of aliphatic hydroxyl groups is 1. The van der Waals surface area contributed by atoms with Gasteiger partial charge in [-0.3, -0.25) is 0 Å². The predicted octanol–water partition coefficient (Wildman–Crippen LogP) is 1.91. The lowest BCUT2D eigenvalue weighted by atomic mass is 9.96. The fraction of sp³-hybridized carbons (Fsp3) is 0.500. The van der Waals surface area contributed by atoms with Gasteiger partial charge in [0.15, 0.2) is 0 Å². The molecule has 2 aromatic rings. The second kappa shape index (κ2) is 5.23. The molecule has 0 amide bonds. The molecular weight excluding hydrogens is 290 g/mol. The van der Waals surface area contributed by atoms with Gasteiger partial charge >= 0.3 is 5.97 Å². The number of nitrogens with zero attached hydrogens (tertiary/aromatic N) is 3. The highest BCUT2D eigenvalue weighted by Gasteiger charge is 2.28. The summed E-state index contributed by atoms with van der Waals surface area (Å²) in [6, 6.07) is 0. The third kappa shape index (κ3) is 2.36. The summed E-state index contributed by atoms with van der Waals surface area (Å²) < 4.78 is 0. The zero-order valence-corrected chi connectivity index (χ0v) is 12.7. The van der Waals surface area contributed by atoms with E-state index in [1.165, 1.54) is 17.7 Å². The van der Waals surface area contributed by atoms with Crippen LogP contribution in [0.1, 0.15) is 28.6 Å². The zero-order valence-electron chi connectivity index (χ0n) is 11.9. The van der Waals surface area contributed by atoms with Gasteiger partial charge in [0.2, 0.25) is 0 Å². The number of carboxylic acid groups (broad SMARTS) is 1. The molecule has 2 aromatic heterocycles. The van der Waals surface area contributed by atoms with E-state index in [2.05, 4.69) is 14.9 Å². The van der Waals surface area contributed by atoms with Crippen LogP contribution in [-0.4, -0.2) is 45.3 Å². The maximum atomic E-state index is 11.3. The van der Waals surface area contributed by atoms with Gasteiger partial charge in [-0.2, -0.15) is 0 Å². The SMILES string of the molecule is Cc1c(C(=O)O)sc2ncnc(N3CCC(O)C(C)C3)c12. The number of aromatic carboxylic acids is 1. The first-order valence-electron chi connectivity index (χ1n) is 6.89. The van der Waals surface area contributed by atoms with E-state index in [-0.39, 0.29) is 12.0 Å². The van der Waals surface area contributed by atoms with Crippen LogP contribution in [0.15, 0.2) is 6.33 Å². The van der Waals surface area contributed by atoms with E-state index in [9.17, 15) is 15.0 Å². The Labute approximate surface area is 126 Å². The molecule has 0 saturated carbocycles. The smallest absolute Gasteiger partial charge is 0.346 e. The van der Waals surface area contributed by atoms with Gasteiger partial charge < -0.3 is 15.1 Å². The number of carboxylic acids is 1. The Morgan fingerprint density at radius 1 is 1.48 bits per heavy atom. The molecule has 3 heterocycles. The molecule has 7 heteroatoms. The molecule has 2 atom stereocenters. The van der Waals surface area contributed by atoms with E-state index in [0.29, 0.717) is 22.7 Å². The van der Waals surface area contributed by atoms with E-state index in [0.717, 1.165) is 23.3 Å². The summed E-state index contributed by atoms with van der Waals surface area (Å²) >= 11 is 1.18. The fourth-order valence-corrected chi connectivity index (χ4v) is 3.80. The zero-order chi connectivity index (χ0) is 15.1. The first kappa shape index (κ1) is 14.2. The lowest BCUT2D eigenvalue weighted by Gasteiger charge is -2.35. The highest BCUT2D eigenvalue weighted by Crippen LogP contribution is 2.36. The topological polar surface area (TPSA) is 86.5 Å². The van der Waals surface area contributed by atoms with Crippen molar-refractivity contribution in [2.75, 3.05) is 18.0 Å². The Bertz CT molecular complexity index is 700. The minimum absolute atomic E-state index is 0.168. The molecule has 6 nitrogen and oxygen atoms in total. The molecular formula is C14H17N3O3S. The summed E-state index contributed by atoms with van der Waals surface area (Å²) in [5.41, 5.74) is 0.719. The highest BCUT2D eigenvalue weighted by molar-refractivity contribution is 7.20. The molecule has 2 N–H and O–H groups in total. The van der Waals surface area contributed by atoms with Crippen molar-refractivity contribution in [2.24, 2.45) is 5.92 Å². The molecule has 1 fully saturated rings. The number of carbonyl (C=O) groups is 1. The molecule has 2 unspecified atom stereocenters. The number of fused-ring (bicyclic) bond motifs is 1. The maximum Gasteiger partial charge on any atom is 0.346 e. The van der Waals surface area contributed by atoms with Gasteiger partial charge in [-0.05, 0) is 24.8 Å². The van der Waals surface area contributed by atoms with E-state index < -0.39 is 5.97 Å². The van der Waals surface area contributed by atoms with E-state index in [1.807, 2.05) is 6.92 Å². The average Bonchev–Trinajstić information content (AvgIpc) is 2.80. The van der Waals surface area contributed by atoms with Gasteiger partial charge in [0.05, 0.1) is 11.5 Å². The molecule has 21 heavy (non-hydrogen) atoms. The Hall–Kier alpha value is -1.73. The molecule has 112 valence electrons. The molecule has 0 radical (unpaired) electrons. The summed E-state index contributed by atoms with van der Waals surface area (Å²) in [6.45, 7) is 5.25. The Kier molecular flexibility index (Phi) is 3.54. The standard InChI is InChI=1S/C14H17N3O3S/c1-7-5-17(4-3-9(7)18)12-10-8(2)11(14(19)20)21-13(10)16-6-15-12/h6-7,9,18H,3-5H2,1-2H3,(H,19,20). The number of rotatable bonds is 2. The van der Waals surface area contributed by atoms with Gasteiger partial charge in [0.1, 0.15) is 21.9 Å². The van der Waals surface area contributed by atoms with Crippen LogP contribution in [0.4, 0.5) is 5.82 Å². The number of aromatic nitrogens is 2. The van der Waals surface area contributed by atoms with Gasteiger partial charge in [-0.1, -0.05) is 6.92 Å². The van der Waals surface area contributed by atoms with Crippen molar-refractivity contribution in [3.63, 3.8) is 0 Å². The summed E-state index contributed by atoms with van der Waals surface area (Å²) in [6.07, 6.45) is 1.90. The first-order chi connectivity index (χ1) is 9.99. The summed E-state index contributed by atoms with van der Waals surface area (Å²) in [7, 11) is 0. The van der Waals surface area contributed by atoms with Crippen LogP contribution in [0.3, 0.4) is 0 Å². The second-order valence-corrected chi connectivity index (χ2v) is 6.52. The minimum atomic E-state index is -0.927. The molecule has 1 aliphatic heterocycles. The Morgan fingerprint density at radius 3 is 2.90 bits per heavy atom. The van der Waals surface area contributed by atoms with Crippen molar-refractivity contribution in [3.8, 4) is 0 Å². The second-order valence-electron chi connectivity index (χ2n) is 5.52. The van der Waals surface area contributed by atoms with Gasteiger partial charge in [-0.15, -0.1) is 11.3 Å². The maximum absolute atomic E-state index is 11.3. The molecule has 0 aromatic carbocycles. The lowest BCUT2D eigenvalue weighted by molar-refractivity contribution is 0.0701. The highest BCUT2D eigenvalue weighted by atomic mass is 32.1. The lowest BCUT2D eigenvalue weighted by Crippen LogP contribution is -2.42. The van der Waals surface area contributed by atoms with Crippen molar-refractivity contribution in [3.05, 3.63) is 16.8 Å². The third-order valence-corrected chi connectivity index (χ3v) is 5.25. The molecule has 1 saturated heterocycles. The molecule has 1 aliphatic rings. The van der Waals surface area contributed by atoms with Crippen LogP contribution < -0.4 is 4.90 Å². The van der Waals surface area contributed by atoms with Gasteiger partial charge in [0.25, 0.3) is 0 Å². The van der Waals surface area contributed by atoms with Gasteiger partial charge in [-0.25, -0.2) is 14.8 Å². The molecule has 0 bridgehead atoms. The predicted molar refractivity (Wildman–Crippen MR) is 81.1 cm³/mol. The Morgan fingerprint density at radius 2 is 2.24 bits per heavy atom. The number of piperidine rings is 1. The monoisotopic (exact) mass is 307 g/mol. The fourth-order valence-electron chi connectivity index (χ4n) is 2.82. The number of hydrogen-bond donors (Lipinski definition) is 2. The van der Waals surface area contributed by atoms with Crippen molar-refractivity contribution in [1.29, 1.82) is 0 Å². The van der Waals surface area contributed by atoms with Crippen LogP contribution in [0.5, 0.6) is 0 Å². The number of aliphatic hydroxyl groups excluding tert-OH is 1. The van der Waals surface area contributed by atoms with Crippen molar-refractivity contribution in [2.45, 2.75) is 26.4 Å². The average molecular weight is 307 g/mol. The Balaban J connectivity index is 2.09. The number of aryl methyl sites for hydroxylation is 1. The van der Waals surface area contributed by atoms with Crippen LogP contribution in [0.25, 0.3) is 10.2 Å². The van der Waals surface area contributed by atoms with Crippen LogP contribution in [0, 0.1) is 12.8 Å². The van der Waals surface area contributed by atoms with Gasteiger partial charge in [0, 0.05) is 13.1 Å². The minimum Gasteiger partial charge on any atom is -0.477 e. The normalized spacial score (nSPS) is 22.7. The molecule has 3 rings (SSSR count). The van der Waals surface area contributed by atoms with E-state index in [4.69, 9.17) is 0 Å². The number of thiophene rings is 1. The van der Waals surface area contributed by atoms with E-state index >= 15 is 0 Å². The van der Waals surface area contributed by atoms with Crippen molar-refractivity contribution < 1.29 is 15.0 Å². The summed E-state index contributed by atoms with van der Waals surface area (Å²) in [5, 5.41) is 19.9. The number of anilines is 1. The van der Waals surface area contributed by atoms with Crippen LogP contribution in [0.2, 0.25) is 0 Å². The first-order valence-corrected chi connectivity index (χ1v) is 7.71. The van der Waals surface area contributed by atoms with Crippen molar-refractivity contribution in [1.82, 2.24) is 9.97 Å². The van der Waals surface area contributed by atoms with Crippen molar-refractivity contribution >= 4 is 33.3 Å². The molecule has 0 spiro atoms. The summed E-state index contributed by atoms with van der Waals surface area (Å²) in [4.78, 5) is 23.0. The third-order valence-electron chi connectivity index (χ3n) is 4.06. The van der Waals surface area contributed by atoms with Crippen LogP contribution in [-0.2, 0) is 0 Å². The van der Waals surface area contributed by atoms with Crippen LogP contribution >= 0.6 is 11.3 Å². The number of hydrogen-bond acceptors (Lipinski definition) is 6. The van der Waals surface area contributed by atoms with E-state index in [1.54, 1.807) is 6.92 Å². The summed E-state index contributed by atoms with van der Waals surface area (Å²) in [5.74, 6) is 0.0190. The largest absolute Gasteiger partial charge is 0.477 e.